The van der Waals surface area contributed by atoms with Crippen LogP contribution in [0.2, 0.25) is 0 Å². The van der Waals surface area contributed by atoms with E-state index >= 15 is 0 Å². The van der Waals surface area contributed by atoms with Crippen molar-refractivity contribution >= 4 is 16.0 Å². The lowest BCUT2D eigenvalue weighted by Gasteiger charge is -2.27. The summed E-state index contributed by atoms with van der Waals surface area (Å²) in [7, 11) is -3.56. The van der Waals surface area contributed by atoms with Crippen molar-refractivity contribution in [3.8, 4) is 5.75 Å². The van der Waals surface area contributed by atoms with E-state index in [1.165, 1.54) is 0 Å². The molecule has 6 heteroatoms. The number of benzene rings is 2. The van der Waals surface area contributed by atoms with E-state index in [1.807, 2.05) is 35.2 Å². The van der Waals surface area contributed by atoms with E-state index < -0.39 is 10.1 Å². The SMILES string of the molecule is CCCC[C@@H](CC)C(=O)N(Cc1ccccc1)Cc1ccc(OS(C)(=O)=O)cc1. The maximum atomic E-state index is 13.3. The van der Waals surface area contributed by atoms with Gasteiger partial charge in [-0.05, 0) is 36.1 Å². The second-order valence-corrected chi connectivity index (χ2v) is 8.93. The van der Waals surface area contributed by atoms with Gasteiger partial charge in [0, 0.05) is 19.0 Å². The molecule has 2 aromatic carbocycles. The summed E-state index contributed by atoms with van der Waals surface area (Å²) < 4.78 is 27.4. The van der Waals surface area contributed by atoms with Gasteiger partial charge in [-0.3, -0.25) is 4.79 Å². The Morgan fingerprint density at radius 3 is 2.07 bits per heavy atom. The average molecular weight is 418 g/mol. The minimum atomic E-state index is -3.56. The summed E-state index contributed by atoms with van der Waals surface area (Å²) in [6, 6.07) is 16.8. The molecule has 0 unspecified atom stereocenters. The van der Waals surface area contributed by atoms with Gasteiger partial charge in [0.25, 0.3) is 0 Å². The van der Waals surface area contributed by atoms with Crippen molar-refractivity contribution in [2.75, 3.05) is 6.26 Å². The topological polar surface area (TPSA) is 63.7 Å². The van der Waals surface area contributed by atoms with Crippen LogP contribution in [0.25, 0.3) is 0 Å². The number of carbonyl (C=O) groups is 1. The van der Waals surface area contributed by atoms with Crippen LogP contribution < -0.4 is 4.18 Å². The molecule has 0 N–H and O–H groups in total. The highest BCUT2D eigenvalue weighted by Crippen LogP contribution is 2.21. The molecular formula is C23H31NO4S. The first-order valence-corrected chi connectivity index (χ1v) is 11.9. The predicted octanol–water partition coefficient (Wildman–Crippen LogP) is 4.77. The van der Waals surface area contributed by atoms with Gasteiger partial charge in [-0.15, -0.1) is 0 Å². The fourth-order valence-corrected chi connectivity index (χ4v) is 3.73. The van der Waals surface area contributed by atoms with Gasteiger partial charge in [0.15, 0.2) is 0 Å². The molecule has 1 amide bonds. The average Bonchev–Trinajstić information content (AvgIpc) is 2.69. The third-order valence-electron chi connectivity index (χ3n) is 4.82. The number of nitrogens with zero attached hydrogens (tertiary/aromatic N) is 1. The molecule has 0 saturated heterocycles. The van der Waals surface area contributed by atoms with Crippen molar-refractivity contribution < 1.29 is 17.4 Å². The highest BCUT2D eigenvalue weighted by Gasteiger charge is 2.23. The molecule has 2 rings (SSSR count). The zero-order valence-electron chi connectivity index (χ0n) is 17.5. The van der Waals surface area contributed by atoms with Crippen LogP contribution >= 0.6 is 0 Å². The van der Waals surface area contributed by atoms with E-state index in [2.05, 4.69) is 13.8 Å². The monoisotopic (exact) mass is 417 g/mol. The lowest BCUT2D eigenvalue weighted by molar-refractivity contribution is -0.137. The van der Waals surface area contributed by atoms with Crippen LogP contribution in [0.3, 0.4) is 0 Å². The summed E-state index contributed by atoms with van der Waals surface area (Å²) in [5.74, 6) is 0.458. The smallest absolute Gasteiger partial charge is 0.306 e. The molecule has 0 aliphatic rings. The maximum absolute atomic E-state index is 13.3. The van der Waals surface area contributed by atoms with Crippen LogP contribution in [0.4, 0.5) is 0 Å². The molecule has 1 atom stereocenters. The highest BCUT2D eigenvalue weighted by molar-refractivity contribution is 7.86. The summed E-state index contributed by atoms with van der Waals surface area (Å²) in [6.45, 7) is 5.22. The minimum absolute atomic E-state index is 0.0199. The van der Waals surface area contributed by atoms with Crippen molar-refractivity contribution in [3.63, 3.8) is 0 Å². The van der Waals surface area contributed by atoms with Gasteiger partial charge >= 0.3 is 10.1 Å². The Morgan fingerprint density at radius 1 is 0.966 bits per heavy atom. The van der Waals surface area contributed by atoms with Crippen molar-refractivity contribution in [1.82, 2.24) is 4.90 Å². The number of unbranched alkanes of at least 4 members (excludes halogenated alkanes) is 1. The zero-order chi connectivity index (χ0) is 21.3. The number of hydrogen-bond acceptors (Lipinski definition) is 4. The van der Waals surface area contributed by atoms with Crippen LogP contribution in [0.15, 0.2) is 54.6 Å². The highest BCUT2D eigenvalue weighted by atomic mass is 32.2. The summed E-state index contributed by atoms with van der Waals surface area (Å²) in [5, 5.41) is 0. The maximum Gasteiger partial charge on any atom is 0.306 e. The van der Waals surface area contributed by atoms with Gasteiger partial charge < -0.3 is 9.08 Å². The summed E-state index contributed by atoms with van der Waals surface area (Å²) in [4.78, 5) is 15.2. The molecule has 0 saturated carbocycles. The van der Waals surface area contributed by atoms with E-state index in [1.54, 1.807) is 24.3 Å². The lowest BCUT2D eigenvalue weighted by Crippen LogP contribution is -2.35. The number of carbonyl (C=O) groups excluding carboxylic acids is 1. The van der Waals surface area contributed by atoms with E-state index in [-0.39, 0.29) is 17.6 Å². The molecule has 0 aliphatic heterocycles. The Morgan fingerprint density at radius 2 is 1.55 bits per heavy atom. The largest absolute Gasteiger partial charge is 0.383 e. The molecule has 0 aromatic heterocycles. The second kappa shape index (κ2) is 11.0. The standard InChI is InChI=1S/C23H31NO4S/c1-4-6-12-21(5-2)23(25)24(17-19-10-8-7-9-11-19)18-20-13-15-22(16-14-20)28-29(3,26)27/h7-11,13-16,21H,4-6,12,17-18H2,1-3H3/t21-/m1/s1. The molecule has 0 heterocycles. The lowest BCUT2D eigenvalue weighted by atomic mass is 9.97. The first-order valence-electron chi connectivity index (χ1n) is 10.1. The Labute approximate surface area is 174 Å². The van der Waals surface area contributed by atoms with Crippen LogP contribution in [-0.4, -0.2) is 25.5 Å². The fourth-order valence-electron chi connectivity index (χ4n) is 3.27. The Hall–Kier alpha value is -2.34. The van der Waals surface area contributed by atoms with Crippen molar-refractivity contribution in [2.45, 2.75) is 52.6 Å². The molecule has 0 radical (unpaired) electrons. The Bertz CT molecular complexity index is 864. The first kappa shape index (κ1) is 22.9. The van der Waals surface area contributed by atoms with Crippen molar-refractivity contribution in [2.24, 2.45) is 5.92 Å². The zero-order valence-corrected chi connectivity index (χ0v) is 18.3. The normalized spacial score (nSPS) is 12.4. The molecule has 0 aliphatic carbocycles. The molecule has 0 fully saturated rings. The van der Waals surface area contributed by atoms with E-state index in [0.717, 1.165) is 43.1 Å². The Balaban J connectivity index is 2.19. The minimum Gasteiger partial charge on any atom is -0.383 e. The van der Waals surface area contributed by atoms with Gasteiger partial charge in [0.2, 0.25) is 5.91 Å². The third-order valence-corrected chi connectivity index (χ3v) is 5.32. The quantitative estimate of drug-likeness (QED) is 0.494. The van der Waals surface area contributed by atoms with Gasteiger partial charge in [0.05, 0.1) is 6.26 Å². The molecule has 29 heavy (non-hydrogen) atoms. The van der Waals surface area contributed by atoms with Crippen molar-refractivity contribution in [1.29, 1.82) is 0 Å². The number of rotatable bonds is 11. The van der Waals surface area contributed by atoms with Gasteiger partial charge in [-0.2, -0.15) is 8.42 Å². The molecule has 0 spiro atoms. The summed E-state index contributed by atoms with van der Waals surface area (Å²) >= 11 is 0. The second-order valence-electron chi connectivity index (χ2n) is 7.36. The van der Waals surface area contributed by atoms with Crippen LogP contribution in [0, 0.1) is 5.92 Å². The third kappa shape index (κ3) is 7.89. The molecule has 0 bridgehead atoms. The van der Waals surface area contributed by atoms with E-state index in [9.17, 15) is 13.2 Å². The Kier molecular flexibility index (Phi) is 8.70. The van der Waals surface area contributed by atoms with Crippen molar-refractivity contribution in [3.05, 3.63) is 65.7 Å². The fraction of sp³-hybridized carbons (Fsp3) is 0.435. The summed E-state index contributed by atoms with van der Waals surface area (Å²) in [5.41, 5.74) is 2.02. The van der Waals surface area contributed by atoms with Gasteiger partial charge in [-0.1, -0.05) is 69.2 Å². The van der Waals surface area contributed by atoms with Gasteiger partial charge in [-0.25, -0.2) is 0 Å². The number of hydrogen-bond donors (Lipinski definition) is 0. The summed E-state index contributed by atoms with van der Waals surface area (Å²) in [6.07, 6.45) is 4.86. The predicted molar refractivity (Wildman–Crippen MR) is 116 cm³/mol. The van der Waals surface area contributed by atoms with Crippen LogP contribution in [0.5, 0.6) is 5.75 Å². The van der Waals surface area contributed by atoms with Gasteiger partial charge in [0.1, 0.15) is 5.75 Å². The molecule has 2 aromatic rings. The van der Waals surface area contributed by atoms with Crippen LogP contribution in [0.1, 0.15) is 50.7 Å². The van der Waals surface area contributed by atoms with E-state index in [4.69, 9.17) is 4.18 Å². The molecular weight excluding hydrogens is 386 g/mol. The molecule has 5 nitrogen and oxygen atoms in total. The van der Waals surface area contributed by atoms with E-state index in [0.29, 0.717) is 13.1 Å². The molecule has 158 valence electrons. The first-order chi connectivity index (χ1) is 13.8. The van der Waals surface area contributed by atoms with Crippen LogP contribution in [-0.2, 0) is 28.0 Å². The number of amides is 1.